The molecule has 1 unspecified atom stereocenters. The van der Waals surface area contributed by atoms with Crippen LogP contribution in [0.2, 0.25) is 0 Å². The van der Waals surface area contributed by atoms with Crippen molar-refractivity contribution >= 4 is 24.1 Å². The van der Waals surface area contributed by atoms with Crippen molar-refractivity contribution in [3.63, 3.8) is 0 Å². The van der Waals surface area contributed by atoms with Crippen molar-refractivity contribution in [1.82, 2.24) is 10.6 Å². The minimum absolute atomic E-state index is 0.163. The summed E-state index contributed by atoms with van der Waals surface area (Å²) in [6.07, 6.45) is 1.19. The number of carbonyl (C=O) groups is 3. The number of amides is 3. The molecule has 8 heteroatoms. The highest BCUT2D eigenvalue weighted by molar-refractivity contribution is 5.94. The van der Waals surface area contributed by atoms with Crippen LogP contribution in [0.5, 0.6) is 0 Å². The van der Waals surface area contributed by atoms with Crippen molar-refractivity contribution in [2.45, 2.75) is 25.5 Å². The quantitative estimate of drug-likeness (QED) is 0.365. The molecule has 0 aliphatic heterocycles. The molecule has 8 nitrogen and oxygen atoms in total. The molecule has 0 radical (unpaired) electrons. The van der Waals surface area contributed by atoms with E-state index in [9.17, 15) is 14.4 Å². The van der Waals surface area contributed by atoms with E-state index in [1.807, 2.05) is 0 Å². The molecule has 0 aliphatic rings. The van der Waals surface area contributed by atoms with Crippen LogP contribution in [0, 0.1) is 0 Å². The number of rotatable bonds is 10. The Morgan fingerprint density at radius 1 is 1.30 bits per heavy atom. The highest BCUT2D eigenvalue weighted by Gasteiger charge is 2.16. The Labute approximate surface area is 134 Å². The van der Waals surface area contributed by atoms with Crippen LogP contribution in [-0.2, 0) is 20.9 Å². The van der Waals surface area contributed by atoms with Gasteiger partial charge in [0.1, 0.15) is 6.61 Å². The molecule has 1 rings (SSSR count). The molecule has 0 bridgehead atoms. The smallest absolute Gasteiger partial charge is 0.312 e. The van der Waals surface area contributed by atoms with Crippen molar-refractivity contribution in [3.8, 4) is 0 Å². The number of anilines is 1. The van der Waals surface area contributed by atoms with Crippen molar-refractivity contribution in [2.24, 2.45) is 5.73 Å². The summed E-state index contributed by atoms with van der Waals surface area (Å²) in [5, 5.41) is 8.22. The van der Waals surface area contributed by atoms with Crippen LogP contribution in [0.25, 0.3) is 0 Å². The second-order valence-corrected chi connectivity index (χ2v) is 4.87. The van der Waals surface area contributed by atoms with Gasteiger partial charge < -0.3 is 26.4 Å². The molecule has 1 aromatic rings. The molecule has 23 heavy (non-hydrogen) atoms. The SMILES string of the molecule is CNC(CCCNC(N)=O)C(=O)Nc1ccc(COC=O)cc1. The molecule has 1 aromatic carbocycles. The maximum Gasteiger partial charge on any atom is 0.312 e. The van der Waals surface area contributed by atoms with Crippen molar-refractivity contribution < 1.29 is 19.1 Å². The molecular weight excluding hydrogens is 300 g/mol. The zero-order valence-corrected chi connectivity index (χ0v) is 13.0. The van der Waals surface area contributed by atoms with Gasteiger partial charge in [0.2, 0.25) is 5.91 Å². The lowest BCUT2D eigenvalue weighted by Crippen LogP contribution is -2.39. The van der Waals surface area contributed by atoms with Crippen LogP contribution in [-0.4, -0.2) is 38.0 Å². The van der Waals surface area contributed by atoms with Crippen LogP contribution < -0.4 is 21.7 Å². The lowest BCUT2D eigenvalue weighted by molar-refractivity contribution is -0.129. The molecule has 0 aliphatic carbocycles. The summed E-state index contributed by atoms with van der Waals surface area (Å²) in [6.45, 7) is 1.01. The second kappa shape index (κ2) is 10.2. The average Bonchev–Trinajstić information content (AvgIpc) is 2.54. The fourth-order valence-electron chi connectivity index (χ4n) is 1.97. The minimum atomic E-state index is -0.575. The summed E-state index contributed by atoms with van der Waals surface area (Å²) < 4.78 is 4.65. The molecule has 3 amide bonds. The zero-order valence-electron chi connectivity index (χ0n) is 13.0. The highest BCUT2D eigenvalue weighted by atomic mass is 16.5. The number of primary amides is 1. The number of ether oxygens (including phenoxy) is 1. The third-order valence-corrected chi connectivity index (χ3v) is 3.17. The van der Waals surface area contributed by atoms with Crippen molar-refractivity contribution in [2.75, 3.05) is 18.9 Å². The number of likely N-dealkylation sites (N-methyl/N-ethyl adjacent to an activating group) is 1. The molecule has 126 valence electrons. The van der Waals surface area contributed by atoms with E-state index in [4.69, 9.17) is 5.73 Å². The summed E-state index contributed by atoms with van der Waals surface area (Å²) >= 11 is 0. The number of carbonyl (C=O) groups excluding carboxylic acids is 3. The molecular formula is C15H22N4O4. The van der Waals surface area contributed by atoms with Crippen LogP contribution in [0.4, 0.5) is 10.5 Å². The maximum absolute atomic E-state index is 12.2. The molecule has 0 saturated heterocycles. The minimum Gasteiger partial charge on any atom is -0.463 e. The Morgan fingerprint density at radius 3 is 2.57 bits per heavy atom. The highest BCUT2D eigenvalue weighted by Crippen LogP contribution is 2.11. The Kier molecular flexibility index (Phi) is 8.16. The Morgan fingerprint density at radius 2 is 2.00 bits per heavy atom. The third-order valence-electron chi connectivity index (χ3n) is 3.17. The van der Waals surface area contributed by atoms with E-state index in [0.717, 1.165) is 5.56 Å². The zero-order chi connectivity index (χ0) is 17.1. The van der Waals surface area contributed by atoms with Gasteiger partial charge in [-0.3, -0.25) is 9.59 Å². The first-order valence-corrected chi connectivity index (χ1v) is 7.22. The van der Waals surface area contributed by atoms with E-state index in [1.165, 1.54) is 0 Å². The van der Waals surface area contributed by atoms with Gasteiger partial charge in [-0.05, 0) is 37.6 Å². The first-order valence-electron chi connectivity index (χ1n) is 7.22. The molecule has 0 heterocycles. The number of nitrogens with one attached hydrogen (secondary N) is 3. The summed E-state index contributed by atoms with van der Waals surface area (Å²) in [4.78, 5) is 32.9. The van der Waals surface area contributed by atoms with E-state index >= 15 is 0 Å². The number of hydrogen-bond acceptors (Lipinski definition) is 5. The number of nitrogens with two attached hydrogens (primary N) is 1. The molecule has 5 N–H and O–H groups in total. The Hall–Kier alpha value is -2.61. The van der Waals surface area contributed by atoms with E-state index in [1.54, 1.807) is 31.3 Å². The van der Waals surface area contributed by atoms with Crippen LogP contribution in [0.3, 0.4) is 0 Å². The number of benzene rings is 1. The first kappa shape index (κ1) is 18.4. The van der Waals surface area contributed by atoms with Gasteiger partial charge in [-0.1, -0.05) is 12.1 Å². The molecule has 0 saturated carbocycles. The van der Waals surface area contributed by atoms with Crippen LogP contribution in [0.15, 0.2) is 24.3 Å². The van der Waals surface area contributed by atoms with Gasteiger partial charge in [-0.25, -0.2) is 4.79 Å². The maximum atomic E-state index is 12.2. The summed E-state index contributed by atoms with van der Waals surface area (Å²) in [5.74, 6) is -0.163. The van der Waals surface area contributed by atoms with Crippen molar-refractivity contribution in [1.29, 1.82) is 0 Å². The molecule has 0 fully saturated rings. The fraction of sp³-hybridized carbons (Fsp3) is 0.400. The monoisotopic (exact) mass is 322 g/mol. The lowest BCUT2D eigenvalue weighted by atomic mass is 10.1. The normalized spacial score (nSPS) is 11.3. The van der Waals surface area contributed by atoms with Gasteiger partial charge in [-0.15, -0.1) is 0 Å². The third kappa shape index (κ3) is 7.28. The van der Waals surface area contributed by atoms with Gasteiger partial charge in [0, 0.05) is 12.2 Å². The van der Waals surface area contributed by atoms with Crippen LogP contribution >= 0.6 is 0 Å². The predicted molar refractivity (Wildman–Crippen MR) is 85.6 cm³/mol. The number of urea groups is 1. The van der Waals surface area contributed by atoms with E-state index < -0.39 is 6.03 Å². The second-order valence-electron chi connectivity index (χ2n) is 4.87. The Balaban J connectivity index is 2.45. The lowest BCUT2D eigenvalue weighted by Gasteiger charge is -2.16. The average molecular weight is 322 g/mol. The summed E-state index contributed by atoms with van der Waals surface area (Å²) in [5.41, 5.74) is 6.46. The summed E-state index contributed by atoms with van der Waals surface area (Å²) in [6, 6.07) is 6.07. The van der Waals surface area contributed by atoms with Crippen molar-refractivity contribution in [3.05, 3.63) is 29.8 Å². The Bertz CT molecular complexity index is 519. The fourth-order valence-corrected chi connectivity index (χ4v) is 1.97. The predicted octanol–water partition coefficient (Wildman–Crippen LogP) is 0.335. The van der Waals surface area contributed by atoms with E-state index in [0.29, 0.717) is 31.5 Å². The molecule has 1 atom stereocenters. The standard InChI is InChI=1S/C15H22N4O4/c1-17-13(3-2-8-18-15(16)22)14(21)19-12-6-4-11(5-7-12)9-23-10-20/h4-7,10,13,17H,2-3,8-9H2,1H3,(H,19,21)(H3,16,18,22). The van der Waals surface area contributed by atoms with Gasteiger partial charge in [0.05, 0.1) is 6.04 Å². The largest absolute Gasteiger partial charge is 0.463 e. The van der Waals surface area contributed by atoms with Gasteiger partial charge in [0.25, 0.3) is 6.47 Å². The van der Waals surface area contributed by atoms with Crippen LogP contribution in [0.1, 0.15) is 18.4 Å². The summed E-state index contributed by atoms with van der Waals surface area (Å²) in [7, 11) is 1.70. The molecule has 0 spiro atoms. The van der Waals surface area contributed by atoms with Gasteiger partial charge in [-0.2, -0.15) is 0 Å². The van der Waals surface area contributed by atoms with E-state index in [-0.39, 0.29) is 18.6 Å². The van der Waals surface area contributed by atoms with Gasteiger partial charge in [0.15, 0.2) is 0 Å². The van der Waals surface area contributed by atoms with Gasteiger partial charge >= 0.3 is 6.03 Å². The topological polar surface area (TPSA) is 123 Å². The first-order chi connectivity index (χ1) is 11.1. The number of hydrogen-bond donors (Lipinski definition) is 4. The van der Waals surface area contributed by atoms with E-state index in [2.05, 4.69) is 20.7 Å². The molecule has 0 aromatic heterocycles.